The van der Waals surface area contributed by atoms with Crippen LogP contribution in [-0.4, -0.2) is 56.5 Å². The molecule has 2 aromatic carbocycles. The molecule has 2 aromatic rings. The first-order valence-electron chi connectivity index (χ1n) is 9.33. The molecule has 0 aromatic heterocycles. The van der Waals surface area contributed by atoms with Crippen molar-refractivity contribution >= 4 is 34.9 Å². The Balaban J connectivity index is 0.000000232. The summed E-state index contributed by atoms with van der Waals surface area (Å²) in [7, 11) is 0. The van der Waals surface area contributed by atoms with Crippen molar-refractivity contribution in [2.24, 2.45) is 5.73 Å². The van der Waals surface area contributed by atoms with E-state index in [4.69, 9.17) is 28.2 Å². The highest BCUT2D eigenvalue weighted by atomic mass is 32.1. The molecule has 1 aliphatic rings. The number of carbonyl (C=O) groups excluding carboxylic acids is 1. The zero-order valence-corrected chi connectivity index (χ0v) is 17.3. The number of nitrogens with zero attached hydrogens (tertiary/aromatic N) is 1. The predicted molar refractivity (Wildman–Crippen MR) is 117 cm³/mol. The molecular weight excluding hydrogens is 404 g/mol. The minimum Gasteiger partial charge on any atom is -0.480 e. The molecule has 7 nitrogen and oxygen atoms in total. The lowest BCUT2D eigenvalue weighted by molar-refractivity contribution is -0.147. The van der Waals surface area contributed by atoms with E-state index in [0.29, 0.717) is 24.3 Å². The number of rotatable bonds is 5. The van der Waals surface area contributed by atoms with Gasteiger partial charge in [0.2, 0.25) is 5.91 Å². The number of carboxylic acids is 2. The summed E-state index contributed by atoms with van der Waals surface area (Å²) in [6, 6.07) is 16.3. The largest absolute Gasteiger partial charge is 0.480 e. The number of likely N-dealkylation sites (tertiary alicyclic amines) is 1. The van der Waals surface area contributed by atoms with Crippen LogP contribution in [0.4, 0.5) is 0 Å². The van der Waals surface area contributed by atoms with Gasteiger partial charge in [0.05, 0.1) is 6.54 Å². The minimum atomic E-state index is -0.981. The summed E-state index contributed by atoms with van der Waals surface area (Å²) in [5, 5.41) is 17.4. The van der Waals surface area contributed by atoms with Crippen LogP contribution in [0.1, 0.15) is 18.9 Å². The number of carboxylic acid groups (broad SMARTS) is 2. The van der Waals surface area contributed by atoms with E-state index in [1.54, 1.807) is 0 Å². The fourth-order valence-corrected chi connectivity index (χ4v) is 3.34. The van der Waals surface area contributed by atoms with Gasteiger partial charge in [-0.05, 0) is 23.1 Å². The third kappa shape index (κ3) is 6.47. The Morgan fingerprint density at radius 1 is 1.07 bits per heavy atom. The molecule has 0 spiro atoms. The number of hydrogen-bond donors (Lipinski definition) is 3. The maximum Gasteiger partial charge on any atom is 0.326 e. The van der Waals surface area contributed by atoms with Crippen LogP contribution in [0.2, 0.25) is 0 Å². The van der Waals surface area contributed by atoms with E-state index in [1.165, 1.54) is 11.8 Å². The Bertz CT molecular complexity index is 891. The van der Waals surface area contributed by atoms with Crippen LogP contribution in [0.5, 0.6) is 0 Å². The van der Waals surface area contributed by atoms with Crippen LogP contribution in [0.25, 0.3) is 11.1 Å². The summed E-state index contributed by atoms with van der Waals surface area (Å²) in [5.74, 6) is -2.19. The molecule has 1 heterocycles. The highest BCUT2D eigenvalue weighted by Crippen LogP contribution is 2.19. The summed E-state index contributed by atoms with van der Waals surface area (Å²) in [5.41, 5.74) is 8.69. The summed E-state index contributed by atoms with van der Waals surface area (Å²) >= 11 is 4.85. The molecule has 1 fully saturated rings. The van der Waals surface area contributed by atoms with Crippen molar-refractivity contribution in [1.29, 1.82) is 0 Å². The van der Waals surface area contributed by atoms with Gasteiger partial charge in [-0.1, -0.05) is 66.8 Å². The molecule has 0 aliphatic carbocycles. The molecule has 0 unspecified atom stereocenters. The van der Waals surface area contributed by atoms with Crippen LogP contribution in [-0.2, 0) is 20.8 Å². The van der Waals surface area contributed by atoms with E-state index in [2.05, 4.69) is 0 Å². The number of hydrogen-bond acceptors (Lipinski definition) is 5. The molecule has 1 saturated heterocycles. The Morgan fingerprint density at radius 3 is 2.10 bits per heavy atom. The Hall–Kier alpha value is -3.10. The van der Waals surface area contributed by atoms with E-state index >= 15 is 0 Å². The number of carbonyl (C=O) groups is 3. The average Bonchev–Trinajstić information content (AvgIpc) is 3.12. The van der Waals surface area contributed by atoms with Gasteiger partial charge < -0.3 is 20.8 Å². The molecule has 4 N–H and O–H groups in total. The average molecular weight is 429 g/mol. The van der Waals surface area contributed by atoms with Crippen molar-refractivity contribution in [2.45, 2.75) is 31.8 Å². The maximum atomic E-state index is 10.9. The van der Waals surface area contributed by atoms with Crippen LogP contribution < -0.4 is 5.73 Å². The molecule has 1 aliphatic heterocycles. The second kappa shape index (κ2) is 10.6. The zero-order chi connectivity index (χ0) is 22.3. The second-order valence-electron chi connectivity index (χ2n) is 6.96. The molecule has 8 heteroatoms. The predicted octanol–water partition coefficient (Wildman–Crippen LogP) is 2.37. The molecule has 30 heavy (non-hydrogen) atoms. The summed E-state index contributed by atoms with van der Waals surface area (Å²) < 4.78 is 0. The molecule has 0 saturated carbocycles. The minimum absolute atomic E-state index is 0.234. The first-order chi connectivity index (χ1) is 14.2. The highest BCUT2D eigenvalue weighted by Gasteiger charge is 2.34. The SMILES string of the molecule is CC(=O)N1CC(=S)C[C@H]1C(=O)O.N[C@@H](Cc1ccc(-c2ccccc2)cc1)C(=O)O. The van der Waals surface area contributed by atoms with Gasteiger partial charge in [-0.2, -0.15) is 0 Å². The quantitative estimate of drug-likeness (QED) is 0.625. The smallest absolute Gasteiger partial charge is 0.326 e. The van der Waals surface area contributed by atoms with Crippen molar-refractivity contribution in [3.63, 3.8) is 0 Å². The van der Waals surface area contributed by atoms with Gasteiger partial charge in [0.15, 0.2) is 0 Å². The zero-order valence-electron chi connectivity index (χ0n) is 16.5. The van der Waals surface area contributed by atoms with Crippen molar-refractivity contribution < 1.29 is 24.6 Å². The number of nitrogens with two attached hydrogens (primary N) is 1. The lowest BCUT2D eigenvalue weighted by Gasteiger charge is -2.18. The van der Waals surface area contributed by atoms with Gasteiger partial charge in [-0.3, -0.25) is 9.59 Å². The normalized spacial score (nSPS) is 16.4. The monoisotopic (exact) mass is 428 g/mol. The Kier molecular flexibility index (Phi) is 8.20. The summed E-state index contributed by atoms with van der Waals surface area (Å²) in [6.07, 6.45) is 0.661. The molecule has 3 rings (SSSR count). The summed E-state index contributed by atoms with van der Waals surface area (Å²) in [4.78, 5) is 34.1. The molecule has 2 atom stereocenters. The van der Waals surface area contributed by atoms with E-state index in [0.717, 1.165) is 16.7 Å². The lowest BCUT2D eigenvalue weighted by atomic mass is 10.0. The van der Waals surface area contributed by atoms with Crippen molar-refractivity contribution in [1.82, 2.24) is 4.90 Å². The molecule has 0 bridgehead atoms. The van der Waals surface area contributed by atoms with Crippen LogP contribution in [0.15, 0.2) is 54.6 Å². The number of amides is 1. The number of aliphatic carboxylic acids is 2. The fourth-order valence-electron chi connectivity index (χ4n) is 3.05. The number of benzene rings is 2. The Morgan fingerprint density at radius 2 is 1.63 bits per heavy atom. The van der Waals surface area contributed by atoms with Gasteiger partial charge in [0.1, 0.15) is 12.1 Å². The van der Waals surface area contributed by atoms with Gasteiger partial charge in [0, 0.05) is 18.2 Å². The van der Waals surface area contributed by atoms with Crippen molar-refractivity contribution in [3.05, 3.63) is 60.2 Å². The van der Waals surface area contributed by atoms with Gasteiger partial charge in [-0.15, -0.1) is 0 Å². The van der Waals surface area contributed by atoms with E-state index in [1.807, 2.05) is 54.6 Å². The molecule has 0 radical (unpaired) electrons. The molecular formula is C22H24N2O5S. The standard InChI is InChI=1S/C15H15NO2.C7H9NO3S/c16-14(15(17)18)10-11-6-8-13(9-7-11)12-4-2-1-3-5-12;1-4(9)8-3-5(12)2-6(8)7(10)11/h1-9,14H,10,16H2,(H,17,18);6H,2-3H2,1H3,(H,10,11)/t14-;6-/m00/s1. The number of thiocarbonyl (C=S) groups is 1. The fraction of sp³-hybridized carbons (Fsp3) is 0.273. The second-order valence-corrected chi connectivity index (χ2v) is 7.53. The Labute approximate surface area is 180 Å². The third-order valence-corrected chi connectivity index (χ3v) is 4.96. The first kappa shape index (κ1) is 23.2. The third-order valence-electron chi connectivity index (χ3n) is 4.67. The molecule has 1 amide bonds. The molecule has 158 valence electrons. The van der Waals surface area contributed by atoms with Crippen LogP contribution in [0, 0.1) is 0 Å². The first-order valence-corrected chi connectivity index (χ1v) is 9.74. The van der Waals surface area contributed by atoms with Gasteiger partial charge >= 0.3 is 11.9 Å². The maximum absolute atomic E-state index is 10.9. The van der Waals surface area contributed by atoms with E-state index < -0.39 is 24.0 Å². The van der Waals surface area contributed by atoms with E-state index in [9.17, 15) is 14.4 Å². The van der Waals surface area contributed by atoms with Crippen LogP contribution in [0.3, 0.4) is 0 Å². The van der Waals surface area contributed by atoms with Crippen molar-refractivity contribution in [2.75, 3.05) is 6.54 Å². The van der Waals surface area contributed by atoms with E-state index in [-0.39, 0.29) is 5.91 Å². The lowest BCUT2D eigenvalue weighted by Crippen LogP contribution is -2.39. The van der Waals surface area contributed by atoms with Gasteiger partial charge in [-0.25, -0.2) is 4.79 Å². The van der Waals surface area contributed by atoms with Crippen molar-refractivity contribution in [3.8, 4) is 11.1 Å². The van der Waals surface area contributed by atoms with Gasteiger partial charge in [0.25, 0.3) is 0 Å². The van der Waals surface area contributed by atoms with Crippen LogP contribution >= 0.6 is 12.2 Å². The topological polar surface area (TPSA) is 121 Å². The highest BCUT2D eigenvalue weighted by molar-refractivity contribution is 7.80. The summed E-state index contributed by atoms with van der Waals surface area (Å²) in [6.45, 7) is 1.66.